The number of hydrogen-bond donors (Lipinski definition) is 2. The summed E-state index contributed by atoms with van der Waals surface area (Å²) in [5.41, 5.74) is 6.61. The van der Waals surface area contributed by atoms with Crippen LogP contribution in [0.1, 0.15) is 0 Å². The lowest BCUT2D eigenvalue weighted by Gasteiger charge is -1.98. The molecule has 0 spiro atoms. The fourth-order valence-corrected chi connectivity index (χ4v) is 1.25. The van der Waals surface area contributed by atoms with Crippen LogP contribution in [0.4, 0.5) is 5.69 Å². The van der Waals surface area contributed by atoms with Gasteiger partial charge in [-0.05, 0) is 11.5 Å². The van der Waals surface area contributed by atoms with Crippen LogP contribution in [-0.4, -0.2) is 4.66 Å². The van der Waals surface area contributed by atoms with Crippen molar-refractivity contribution in [2.45, 2.75) is 0 Å². The highest BCUT2D eigenvalue weighted by molar-refractivity contribution is 6.04. The second-order valence-corrected chi connectivity index (χ2v) is 2.57. The van der Waals surface area contributed by atoms with Crippen LogP contribution in [0.5, 0.6) is 0 Å². The summed E-state index contributed by atoms with van der Waals surface area (Å²) >= 11 is 3.64. The highest BCUT2D eigenvalue weighted by Gasteiger charge is 1.92. The number of anilines is 1. The van der Waals surface area contributed by atoms with E-state index in [1.807, 2.05) is 30.3 Å². The molecule has 0 saturated carbocycles. The molecule has 2 nitrogen and oxygen atoms in total. The molecular weight excluding hydrogens is 186 g/mol. The van der Waals surface area contributed by atoms with Crippen LogP contribution in [0.15, 0.2) is 42.5 Å². The number of benzene rings is 2. The third kappa shape index (κ3) is 2.11. The van der Waals surface area contributed by atoms with E-state index in [0.29, 0.717) is 0 Å². The summed E-state index contributed by atoms with van der Waals surface area (Å²) < 4.78 is 6.47. The predicted octanol–water partition coefficient (Wildman–Crippen LogP) is 2.55. The van der Waals surface area contributed by atoms with Gasteiger partial charge in [-0.25, -0.2) is 0 Å². The van der Waals surface area contributed by atoms with Gasteiger partial charge in [0.05, 0.1) is 11.9 Å². The van der Waals surface area contributed by atoms with Gasteiger partial charge in [-0.15, -0.1) is 0 Å². The smallest absolute Gasteiger partial charge is 0.0579 e. The molecule has 0 heterocycles. The third-order valence-electron chi connectivity index (χ3n) is 1.82. The second-order valence-electron chi connectivity index (χ2n) is 2.57. The van der Waals surface area contributed by atoms with Gasteiger partial charge in [-0.1, -0.05) is 36.4 Å². The molecule has 0 amide bonds. The Kier molecular flexibility index (Phi) is 3.55. The SMILES string of the molecule is Nc1cccc2ccccc12.OCl. The average molecular weight is 196 g/mol. The molecule has 0 aromatic heterocycles. The molecule has 0 unspecified atom stereocenters. The maximum atomic E-state index is 6.47. The van der Waals surface area contributed by atoms with Gasteiger partial charge in [0.15, 0.2) is 0 Å². The Balaban J connectivity index is 0.000000396. The zero-order valence-corrected chi connectivity index (χ0v) is 7.70. The van der Waals surface area contributed by atoms with E-state index in [1.54, 1.807) is 0 Å². The number of nitrogen functional groups attached to an aromatic ring is 1. The Morgan fingerprint density at radius 2 is 1.54 bits per heavy atom. The number of rotatable bonds is 0. The Labute approximate surface area is 81.7 Å². The van der Waals surface area contributed by atoms with E-state index in [9.17, 15) is 0 Å². The van der Waals surface area contributed by atoms with Gasteiger partial charge in [0.2, 0.25) is 0 Å². The van der Waals surface area contributed by atoms with Crippen LogP contribution in [0, 0.1) is 0 Å². The van der Waals surface area contributed by atoms with Crippen molar-refractivity contribution in [3.63, 3.8) is 0 Å². The van der Waals surface area contributed by atoms with Crippen molar-refractivity contribution in [1.29, 1.82) is 0 Å². The zero-order chi connectivity index (χ0) is 9.68. The van der Waals surface area contributed by atoms with Crippen molar-refractivity contribution in [1.82, 2.24) is 0 Å². The van der Waals surface area contributed by atoms with Gasteiger partial charge in [0.25, 0.3) is 0 Å². The highest BCUT2D eigenvalue weighted by atomic mass is 35.5. The maximum absolute atomic E-state index is 6.47. The quantitative estimate of drug-likeness (QED) is 0.635. The lowest BCUT2D eigenvalue weighted by Crippen LogP contribution is -1.84. The summed E-state index contributed by atoms with van der Waals surface area (Å²) in [6.07, 6.45) is 0. The number of nitrogens with two attached hydrogens (primary N) is 1. The fraction of sp³-hybridized carbons (Fsp3) is 0. The predicted molar refractivity (Wildman–Crippen MR) is 56.4 cm³/mol. The highest BCUT2D eigenvalue weighted by Crippen LogP contribution is 2.19. The summed E-state index contributed by atoms with van der Waals surface area (Å²) in [6.45, 7) is 0. The molecule has 2 aromatic rings. The molecule has 2 aromatic carbocycles. The molecule has 0 aliphatic carbocycles. The van der Waals surface area contributed by atoms with Crippen molar-refractivity contribution in [3.8, 4) is 0 Å². The Bertz CT molecular complexity index is 384. The molecular formula is C10H10ClNO. The molecule has 0 saturated heterocycles. The second kappa shape index (κ2) is 4.70. The molecule has 0 radical (unpaired) electrons. The average Bonchev–Trinajstić information content (AvgIpc) is 2.22. The van der Waals surface area contributed by atoms with Crippen molar-refractivity contribution >= 4 is 28.3 Å². The van der Waals surface area contributed by atoms with E-state index < -0.39 is 0 Å². The first-order valence-corrected chi connectivity index (χ1v) is 4.12. The molecule has 0 bridgehead atoms. The van der Waals surface area contributed by atoms with Gasteiger partial charge in [-0.3, -0.25) is 4.66 Å². The van der Waals surface area contributed by atoms with E-state index in [0.717, 1.165) is 11.1 Å². The minimum Gasteiger partial charge on any atom is -0.398 e. The first-order valence-electron chi connectivity index (χ1n) is 3.78. The zero-order valence-electron chi connectivity index (χ0n) is 6.94. The van der Waals surface area contributed by atoms with Crippen LogP contribution in [0.25, 0.3) is 10.8 Å². The van der Waals surface area contributed by atoms with Crippen LogP contribution in [0.2, 0.25) is 0 Å². The molecule has 3 heteroatoms. The van der Waals surface area contributed by atoms with E-state index in [-0.39, 0.29) is 0 Å². The van der Waals surface area contributed by atoms with Crippen molar-refractivity contribution in [2.24, 2.45) is 0 Å². The van der Waals surface area contributed by atoms with Crippen LogP contribution in [0.3, 0.4) is 0 Å². The summed E-state index contributed by atoms with van der Waals surface area (Å²) in [7, 11) is 0. The van der Waals surface area contributed by atoms with Gasteiger partial charge in [0.1, 0.15) is 0 Å². The number of fused-ring (bicyclic) bond motifs is 1. The summed E-state index contributed by atoms with van der Waals surface area (Å²) in [5, 5.41) is 2.34. The first-order chi connectivity index (χ1) is 6.38. The monoisotopic (exact) mass is 195 g/mol. The minimum absolute atomic E-state index is 0.850. The number of hydrogen-bond acceptors (Lipinski definition) is 2. The van der Waals surface area contributed by atoms with Gasteiger partial charge < -0.3 is 5.73 Å². The fourth-order valence-electron chi connectivity index (χ4n) is 1.25. The van der Waals surface area contributed by atoms with Crippen molar-refractivity contribution in [2.75, 3.05) is 5.73 Å². The van der Waals surface area contributed by atoms with E-state index in [4.69, 9.17) is 10.4 Å². The summed E-state index contributed by atoms with van der Waals surface area (Å²) in [4.78, 5) is 0. The molecule has 0 atom stereocenters. The largest absolute Gasteiger partial charge is 0.398 e. The van der Waals surface area contributed by atoms with Crippen LogP contribution < -0.4 is 5.73 Å². The summed E-state index contributed by atoms with van der Waals surface area (Å²) in [6, 6.07) is 14.1. The minimum atomic E-state index is 0.850. The topological polar surface area (TPSA) is 46.2 Å². The van der Waals surface area contributed by atoms with Crippen molar-refractivity contribution < 1.29 is 4.66 Å². The molecule has 2 rings (SSSR count). The molecule has 0 aliphatic heterocycles. The normalized spacial score (nSPS) is 9.08. The molecule has 13 heavy (non-hydrogen) atoms. The van der Waals surface area contributed by atoms with E-state index in [2.05, 4.69) is 24.0 Å². The molecule has 68 valence electrons. The Morgan fingerprint density at radius 3 is 2.23 bits per heavy atom. The van der Waals surface area contributed by atoms with Gasteiger partial charge in [-0.2, -0.15) is 0 Å². The lowest BCUT2D eigenvalue weighted by molar-refractivity contribution is 0.632. The van der Waals surface area contributed by atoms with Gasteiger partial charge >= 0.3 is 0 Å². The summed E-state index contributed by atoms with van der Waals surface area (Å²) in [5.74, 6) is 0. The third-order valence-corrected chi connectivity index (χ3v) is 1.82. The van der Waals surface area contributed by atoms with E-state index in [1.165, 1.54) is 5.39 Å². The number of halogens is 1. The van der Waals surface area contributed by atoms with Gasteiger partial charge in [0, 0.05) is 11.1 Å². The van der Waals surface area contributed by atoms with E-state index >= 15 is 0 Å². The molecule has 0 aliphatic rings. The first kappa shape index (κ1) is 9.84. The maximum Gasteiger partial charge on any atom is 0.0579 e. The van der Waals surface area contributed by atoms with Crippen LogP contribution >= 0.6 is 11.9 Å². The van der Waals surface area contributed by atoms with Crippen LogP contribution in [-0.2, 0) is 0 Å². The van der Waals surface area contributed by atoms with Crippen molar-refractivity contribution in [3.05, 3.63) is 42.5 Å². The molecule has 3 N–H and O–H groups in total. The standard InChI is InChI=1S/C10H9N.ClHO/c11-10-7-3-5-8-4-1-2-6-9(8)10;1-2/h1-7H,11H2;2H. The lowest BCUT2D eigenvalue weighted by atomic mass is 10.1. The molecule has 0 fully saturated rings. The Morgan fingerprint density at radius 1 is 0.923 bits per heavy atom. The Hall–Kier alpha value is -1.25.